The van der Waals surface area contributed by atoms with Gasteiger partial charge in [-0.05, 0) is 26.7 Å². The molecule has 6 heteroatoms. The summed E-state index contributed by atoms with van der Waals surface area (Å²) in [6.07, 6.45) is 2.48. The van der Waals surface area contributed by atoms with Crippen molar-refractivity contribution in [3.05, 3.63) is 0 Å². The van der Waals surface area contributed by atoms with E-state index in [0.29, 0.717) is 18.7 Å². The average Bonchev–Trinajstić information content (AvgIpc) is 2.89. The van der Waals surface area contributed by atoms with Gasteiger partial charge in [-0.25, -0.2) is 4.79 Å². The van der Waals surface area contributed by atoms with Crippen LogP contribution in [0.4, 0.5) is 0 Å². The van der Waals surface area contributed by atoms with Crippen molar-refractivity contribution in [1.29, 1.82) is 0 Å². The van der Waals surface area contributed by atoms with Crippen LogP contribution in [0.5, 0.6) is 0 Å². The van der Waals surface area contributed by atoms with Crippen molar-refractivity contribution in [2.24, 2.45) is 16.2 Å². The molecule has 1 aliphatic carbocycles. The van der Waals surface area contributed by atoms with Gasteiger partial charge < -0.3 is 14.4 Å². The monoisotopic (exact) mass is 254 g/mol. The molecule has 6 nitrogen and oxygen atoms in total. The second kappa shape index (κ2) is 5.06. The molecule has 0 aromatic carbocycles. The summed E-state index contributed by atoms with van der Waals surface area (Å²) in [7, 11) is 1.56. The minimum absolute atomic E-state index is 0.0305. The van der Waals surface area contributed by atoms with E-state index in [1.165, 1.54) is 0 Å². The van der Waals surface area contributed by atoms with Crippen LogP contribution in [0.1, 0.15) is 33.1 Å². The fraction of sp³-hybridized carbons (Fsp3) is 0.750. The number of rotatable bonds is 4. The maximum Gasteiger partial charge on any atom is 0.381 e. The highest BCUT2D eigenvalue weighted by Crippen LogP contribution is 2.44. The molecular weight excluding hydrogens is 236 g/mol. The number of carbonyl (C=O) groups excluding carboxylic acids is 1. The van der Waals surface area contributed by atoms with E-state index in [-0.39, 0.29) is 5.92 Å². The largest absolute Gasteiger partial charge is 0.381 e. The first kappa shape index (κ1) is 13.0. The number of carbonyl (C=O) groups is 1. The van der Waals surface area contributed by atoms with Crippen LogP contribution in [0.15, 0.2) is 10.3 Å². The number of hydrogen-bond acceptors (Lipinski definition) is 6. The summed E-state index contributed by atoms with van der Waals surface area (Å²) in [5.41, 5.74) is 0.524. The zero-order valence-corrected chi connectivity index (χ0v) is 10.9. The summed E-state index contributed by atoms with van der Waals surface area (Å²) in [5, 5.41) is 7.67. The maximum atomic E-state index is 12.1. The summed E-state index contributed by atoms with van der Waals surface area (Å²) in [6, 6.07) is 0. The van der Waals surface area contributed by atoms with Gasteiger partial charge in [-0.1, -0.05) is 10.3 Å². The first-order chi connectivity index (χ1) is 8.60. The minimum atomic E-state index is -0.944. The number of oxime groups is 2. The van der Waals surface area contributed by atoms with Gasteiger partial charge in [0.2, 0.25) is 5.60 Å². The van der Waals surface area contributed by atoms with Gasteiger partial charge in [-0.3, -0.25) is 0 Å². The quantitative estimate of drug-likeness (QED) is 0.433. The van der Waals surface area contributed by atoms with E-state index in [1.807, 2.05) is 6.92 Å². The lowest BCUT2D eigenvalue weighted by molar-refractivity contribution is -0.172. The molecule has 18 heavy (non-hydrogen) atoms. The summed E-state index contributed by atoms with van der Waals surface area (Å²) in [4.78, 5) is 22.4. The van der Waals surface area contributed by atoms with Crippen molar-refractivity contribution >= 4 is 17.4 Å². The van der Waals surface area contributed by atoms with Gasteiger partial charge in [-0.15, -0.1) is 0 Å². The molecule has 2 atom stereocenters. The molecule has 2 aliphatic rings. The van der Waals surface area contributed by atoms with E-state index < -0.39 is 11.6 Å². The van der Waals surface area contributed by atoms with Gasteiger partial charge >= 0.3 is 5.97 Å². The van der Waals surface area contributed by atoms with Crippen molar-refractivity contribution < 1.29 is 19.2 Å². The van der Waals surface area contributed by atoms with Gasteiger partial charge in [0, 0.05) is 13.5 Å². The van der Waals surface area contributed by atoms with Crippen LogP contribution >= 0.6 is 0 Å². The Morgan fingerprint density at radius 1 is 1.67 bits per heavy atom. The lowest BCUT2D eigenvalue weighted by Crippen LogP contribution is -2.43. The third-order valence-electron chi connectivity index (χ3n) is 3.44. The second-order valence-corrected chi connectivity index (χ2v) is 4.80. The molecule has 1 fully saturated rings. The zero-order chi connectivity index (χ0) is 13.2. The van der Waals surface area contributed by atoms with Crippen molar-refractivity contribution in [2.75, 3.05) is 13.7 Å². The van der Waals surface area contributed by atoms with Crippen LogP contribution in [0.3, 0.4) is 0 Å². The Balaban J connectivity index is 2.03. The van der Waals surface area contributed by atoms with Crippen LogP contribution in [0.25, 0.3) is 0 Å². The summed E-state index contributed by atoms with van der Waals surface area (Å²) >= 11 is 0. The Bertz CT molecular complexity index is 405. The van der Waals surface area contributed by atoms with E-state index in [0.717, 1.165) is 18.6 Å². The van der Waals surface area contributed by atoms with Crippen molar-refractivity contribution in [1.82, 2.24) is 0 Å². The molecule has 1 saturated carbocycles. The molecule has 1 heterocycles. The van der Waals surface area contributed by atoms with Gasteiger partial charge in [0.05, 0.1) is 23.9 Å². The topological polar surface area (TPSA) is 69.5 Å². The summed E-state index contributed by atoms with van der Waals surface area (Å²) in [6.45, 7) is 3.95. The first-order valence-corrected chi connectivity index (χ1v) is 6.06. The van der Waals surface area contributed by atoms with Crippen molar-refractivity contribution in [2.45, 2.75) is 38.7 Å². The lowest BCUT2D eigenvalue weighted by Gasteiger charge is -2.22. The highest BCUT2D eigenvalue weighted by atomic mass is 16.7. The minimum Gasteiger partial charge on any atom is -0.379 e. The second-order valence-electron chi connectivity index (χ2n) is 4.80. The average molecular weight is 254 g/mol. The summed E-state index contributed by atoms with van der Waals surface area (Å²) < 4.78 is 4.89. The van der Waals surface area contributed by atoms with E-state index in [4.69, 9.17) is 14.4 Å². The number of hydrogen-bond donors (Lipinski definition) is 0. The fourth-order valence-corrected chi connectivity index (χ4v) is 2.56. The fourth-order valence-electron chi connectivity index (χ4n) is 2.56. The SMILES string of the molecule is COC/C(C)=N/OC(=O)C12CCCC1C(C)=NO2. The Kier molecular flexibility index (Phi) is 3.65. The number of methoxy groups -OCH3 is 1. The Hall–Kier alpha value is -1.43. The van der Waals surface area contributed by atoms with Crippen LogP contribution in [-0.2, 0) is 19.2 Å². The molecule has 0 aromatic rings. The van der Waals surface area contributed by atoms with Crippen molar-refractivity contribution in [3.63, 3.8) is 0 Å². The van der Waals surface area contributed by atoms with Crippen LogP contribution in [-0.4, -0.2) is 36.7 Å². The van der Waals surface area contributed by atoms with Gasteiger partial charge in [-0.2, -0.15) is 0 Å². The summed E-state index contributed by atoms with van der Waals surface area (Å²) in [5.74, 6) is -0.427. The smallest absolute Gasteiger partial charge is 0.379 e. The Labute approximate surface area is 106 Å². The molecule has 0 bridgehead atoms. The highest BCUT2D eigenvalue weighted by Gasteiger charge is 2.58. The molecule has 0 aromatic heterocycles. The van der Waals surface area contributed by atoms with Crippen LogP contribution in [0, 0.1) is 5.92 Å². The Morgan fingerprint density at radius 2 is 2.44 bits per heavy atom. The molecule has 0 N–H and O–H groups in total. The van der Waals surface area contributed by atoms with E-state index in [1.54, 1.807) is 14.0 Å². The number of fused-ring (bicyclic) bond motifs is 1. The first-order valence-electron chi connectivity index (χ1n) is 6.06. The molecule has 2 rings (SSSR count). The third kappa shape index (κ3) is 2.12. The maximum absolute atomic E-state index is 12.1. The van der Waals surface area contributed by atoms with Gasteiger partial charge in [0.15, 0.2) is 0 Å². The molecule has 2 unspecified atom stereocenters. The molecule has 0 saturated heterocycles. The highest BCUT2D eigenvalue weighted by molar-refractivity contribution is 5.95. The standard InChI is InChI=1S/C12H18N2O4/c1-8(7-16-3)13-17-11(15)12-6-4-5-10(12)9(2)14-18-12/h10H,4-7H2,1-3H3/b13-8+. The predicted molar refractivity (Wildman–Crippen MR) is 65.3 cm³/mol. The van der Waals surface area contributed by atoms with Crippen molar-refractivity contribution in [3.8, 4) is 0 Å². The van der Waals surface area contributed by atoms with Crippen LogP contribution < -0.4 is 0 Å². The van der Waals surface area contributed by atoms with E-state index >= 15 is 0 Å². The lowest BCUT2D eigenvalue weighted by atomic mass is 9.88. The molecular formula is C12H18N2O4. The number of nitrogens with zero attached hydrogens (tertiary/aromatic N) is 2. The van der Waals surface area contributed by atoms with Gasteiger partial charge in [0.1, 0.15) is 0 Å². The Morgan fingerprint density at radius 3 is 3.17 bits per heavy atom. The van der Waals surface area contributed by atoms with Crippen LogP contribution in [0.2, 0.25) is 0 Å². The number of ether oxygens (including phenoxy) is 1. The molecule has 0 radical (unpaired) electrons. The zero-order valence-electron chi connectivity index (χ0n) is 10.9. The van der Waals surface area contributed by atoms with E-state index in [9.17, 15) is 4.79 Å². The third-order valence-corrected chi connectivity index (χ3v) is 3.44. The molecule has 0 amide bonds. The van der Waals surface area contributed by atoms with Gasteiger partial charge in [0.25, 0.3) is 0 Å². The predicted octanol–water partition coefficient (Wildman–Crippen LogP) is 1.50. The molecule has 0 spiro atoms. The molecule has 1 aliphatic heterocycles. The van der Waals surface area contributed by atoms with E-state index in [2.05, 4.69) is 10.3 Å². The molecule has 100 valence electrons. The normalized spacial score (nSPS) is 30.7.